The highest BCUT2D eigenvalue weighted by Gasteiger charge is 2.68. The molecule has 1 aromatic rings. The van der Waals surface area contributed by atoms with Crippen LogP contribution in [-0.2, 0) is 34.5 Å². The van der Waals surface area contributed by atoms with E-state index >= 15 is 0 Å². The maximum atomic E-state index is 13.3. The van der Waals surface area contributed by atoms with Crippen molar-refractivity contribution in [3.05, 3.63) is 22.4 Å². The number of esters is 1. The standard InChI is InChI=1S/C32H54BNO6SSi/c1-29(2,3)37-28(36)19-22(39-42(10,11)30(4,5)6)14-15-26(34-27(35)20-23-13-12-16-41-23)33-38-25-18-21-17-24(31(21,7)8)32(25,9)40-33/h12-13,16,21-22,24-26H,14-15,17-20H2,1-11H3,(H,34,35)/t21-,22?,24-,25+,26-,32-/m0/s1. The number of hydrogen-bond acceptors (Lipinski definition) is 7. The van der Waals surface area contributed by atoms with E-state index in [4.69, 9.17) is 18.5 Å². The normalized spacial score (nSPS) is 28.5. The molecular weight excluding hydrogens is 565 g/mol. The summed E-state index contributed by atoms with van der Waals surface area (Å²) in [4.78, 5) is 27.3. The maximum Gasteiger partial charge on any atom is 0.481 e. The van der Waals surface area contributed by atoms with Crippen LogP contribution in [-0.4, -0.2) is 56.7 Å². The lowest BCUT2D eigenvalue weighted by Crippen LogP contribution is -2.65. The van der Waals surface area contributed by atoms with E-state index in [9.17, 15) is 9.59 Å². The Balaban J connectivity index is 1.52. The fraction of sp³-hybridized carbons (Fsp3) is 0.812. The Morgan fingerprint density at radius 3 is 2.40 bits per heavy atom. The van der Waals surface area contributed by atoms with Crippen molar-refractivity contribution >= 4 is 38.6 Å². The molecule has 7 nitrogen and oxygen atoms in total. The Kier molecular flexibility index (Phi) is 9.59. The van der Waals surface area contributed by atoms with Crippen molar-refractivity contribution in [1.29, 1.82) is 0 Å². The number of carbonyl (C=O) groups is 2. The predicted molar refractivity (Wildman–Crippen MR) is 172 cm³/mol. The van der Waals surface area contributed by atoms with Crippen LogP contribution >= 0.6 is 11.3 Å². The van der Waals surface area contributed by atoms with Crippen molar-refractivity contribution in [2.75, 3.05) is 0 Å². The second-order valence-corrected chi connectivity index (χ2v) is 21.9. The average molecular weight is 620 g/mol. The first-order valence-corrected chi connectivity index (χ1v) is 19.5. The van der Waals surface area contributed by atoms with Gasteiger partial charge in [-0.15, -0.1) is 11.3 Å². The van der Waals surface area contributed by atoms with E-state index in [1.165, 1.54) is 6.42 Å². The van der Waals surface area contributed by atoms with E-state index in [1.807, 2.05) is 38.3 Å². The number of rotatable bonds is 11. The average Bonchev–Trinajstić information content (AvgIpc) is 3.45. The highest BCUT2D eigenvalue weighted by atomic mass is 32.1. The third-order valence-corrected chi connectivity index (χ3v) is 15.9. The Hall–Kier alpha value is -1.20. The second-order valence-electron chi connectivity index (χ2n) is 16.1. The van der Waals surface area contributed by atoms with E-state index in [2.05, 4.69) is 60.0 Å². The maximum absolute atomic E-state index is 13.3. The molecule has 5 rings (SSSR count). The highest BCUT2D eigenvalue weighted by molar-refractivity contribution is 7.10. The van der Waals surface area contributed by atoms with Crippen LogP contribution < -0.4 is 5.32 Å². The van der Waals surface area contributed by atoms with Gasteiger partial charge in [-0.2, -0.15) is 0 Å². The molecule has 10 heteroatoms. The van der Waals surface area contributed by atoms with E-state index in [1.54, 1.807) is 11.3 Å². The topological polar surface area (TPSA) is 83.1 Å². The molecule has 0 radical (unpaired) electrons. The molecule has 1 amide bonds. The van der Waals surface area contributed by atoms with Crippen LogP contribution in [0.3, 0.4) is 0 Å². The van der Waals surface area contributed by atoms with Gasteiger partial charge in [0.05, 0.1) is 36.6 Å². The van der Waals surface area contributed by atoms with Gasteiger partial charge in [-0.1, -0.05) is 40.7 Å². The molecule has 4 aliphatic rings. The Labute approximate surface area is 259 Å². The van der Waals surface area contributed by atoms with Crippen molar-refractivity contribution in [3.63, 3.8) is 0 Å². The van der Waals surface area contributed by atoms with Gasteiger partial charge in [0.25, 0.3) is 0 Å². The zero-order valence-electron chi connectivity index (χ0n) is 27.8. The summed E-state index contributed by atoms with van der Waals surface area (Å²) < 4.78 is 25.9. The second kappa shape index (κ2) is 12.0. The van der Waals surface area contributed by atoms with E-state index in [-0.39, 0.29) is 52.5 Å². The van der Waals surface area contributed by atoms with Crippen LogP contribution in [0, 0.1) is 17.3 Å². The molecule has 0 spiro atoms. The van der Waals surface area contributed by atoms with Gasteiger partial charge < -0.3 is 23.8 Å². The first-order chi connectivity index (χ1) is 19.2. The highest BCUT2D eigenvalue weighted by Crippen LogP contribution is 2.65. The zero-order valence-corrected chi connectivity index (χ0v) is 29.6. The molecule has 6 atom stereocenters. The van der Waals surface area contributed by atoms with E-state index < -0.39 is 21.0 Å². The summed E-state index contributed by atoms with van der Waals surface area (Å²) in [5, 5.41) is 5.25. The van der Waals surface area contributed by atoms with E-state index in [0.29, 0.717) is 31.1 Å². The van der Waals surface area contributed by atoms with Gasteiger partial charge in [-0.25, -0.2) is 0 Å². The van der Waals surface area contributed by atoms with E-state index in [0.717, 1.165) is 11.3 Å². The van der Waals surface area contributed by atoms with Crippen LogP contribution in [0.4, 0.5) is 0 Å². The molecule has 1 unspecified atom stereocenters. The minimum absolute atomic E-state index is 0.0108. The fourth-order valence-corrected chi connectivity index (χ4v) is 9.00. The molecule has 1 aliphatic heterocycles. The van der Waals surface area contributed by atoms with Gasteiger partial charge in [0, 0.05) is 4.88 Å². The molecular formula is C32H54BNO6SSi. The van der Waals surface area contributed by atoms with Gasteiger partial charge in [-0.05, 0) is 100 Å². The molecule has 2 heterocycles. The molecule has 1 N–H and O–H groups in total. The zero-order chi connectivity index (χ0) is 31.3. The fourth-order valence-electron chi connectivity index (χ4n) is 6.91. The third-order valence-electron chi connectivity index (χ3n) is 10.4. The summed E-state index contributed by atoms with van der Waals surface area (Å²) in [6.45, 7) is 23.6. The third kappa shape index (κ3) is 7.36. The van der Waals surface area contributed by atoms with Crippen LogP contribution in [0.5, 0.6) is 0 Å². The van der Waals surface area contributed by atoms with Crippen molar-refractivity contribution in [2.24, 2.45) is 17.3 Å². The molecule has 0 aromatic carbocycles. The molecule has 2 bridgehead atoms. The summed E-state index contributed by atoms with van der Waals surface area (Å²) in [5.41, 5.74) is -0.702. The van der Waals surface area contributed by atoms with Crippen molar-refractivity contribution < 1.29 is 28.1 Å². The summed E-state index contributed by atoms with van der Waals surface area (Å²) in [6, 6.07) is 3.95. The monoisotopic (exact) mass is 619 g/mol. The number of carbonyl (C=O) groups excluding carboxylic acids is 2. The molecule has 1 saturated heterocycles. The van der Waals surface area contributed by atoms with Crippen LogP contribution in [0.1, 0.15) is 99.3 Å². The first kappa shape index (κ1) is 33.7. The van der Waals surface area contributed by atoms with Gasteiger partial charge in [0.15, 0.2) is 8.32 Å². The molecule has 3 saturated carbocycles. The summed E-state index contributed by atoms with van der Waals surface area (Å²) in [7, 11) is -2.73. The van der Waals surface area contributed by atoms with Crippen LogP contribution in [0.25, 0.3) is 0 Å². The molecule has 3 aliphatic carbocycles. The lowest BCUT2D eigenvalue weighted by atomic mass is 9.43. The Morgan fingerprint density at radius 1 is 1.14 bits per heavy atom. The van der Waals surface area contributed by atoms with Crippen LogP contribution in [0.2, 0.25) is 18.1 Å². The Bertz CT molecular complexity index is 1110. The van der Waals surface area contributed by atoms with Crippen molar-refractivity contribution in [1.82, 2.24) is 5.32 Å². The quantitative estimate of drug-likeness (QED) is 0.213. The summed E-state index contributed by atoms with van der Waals surface area (Å²) in [5.74, 6) is 0.408. The smallest absolute Gasteiger partial charge is 0.460 e. The number of ether oxygens (including phenoxy) is 1. The van der Waals surface area contributed by atoms with Crippen LogP contribution in [0.15, 0.2) is 17.5 Å². The SMILES string of the molecule is CC(C)(C)OC(=O)CC(CC[C@H](NC(=O)Cc1cccs1)B1O[C@@H]2C[C@@H]3C[C@@H](C3(C)C)[C@]2(C)O1)O[Si](C)(C)C(C)(C)C. The largest absolute Gasteiger partial charge is 0.481 e. The van der Waals surface area contributed by atoms with Gasteiger partial charge in [0.1, 0.15) is 5.60 Å². The van der Waals surface area contributed by atoms with Crippen molar-refractivity contribution in [3.8, 4) is 0 Å². The molecule has 236 valence electrons. The lowest BCUT2D eigenvalue weighted by Gasteiger charge is -2.64. The number of amides is 1. The lowest BCUT2D eigenvalue weighted by molar-refractivity contribution is -0.199. The summed E-state index contributed by atoms with van der Waals surface area (Å²) in [6.07, 6.45) is 3.50. The minimum Gasteiger partial charge on any atom is -0.460 e. The molecule has 42 heavy (non-hydrogen) atoms. The predicted octanol–water partition coefficient (Wildman–Crippen LogP) is 6.95. The molecule has 4 fully saturated rings. The van der Waals surface area contributed by atoms with Gasteiger partial charge in [0.2, 0.25) is 5.91 Å². The number of thiophene rings is 1. The Morgan fingerprint density at radius 2 is 1.83 bits per heavy atom. The minimum atomic E-state index is -2.19. The van der Waals surface area contributed by atoms with Gasteiger partial charge >= 0.3 is 13.1 Å². The molecule has 1 aromatic heterocycles. The number of hydrogen-bond donors (Lipinski definition) is 1. The van der Waals surface area contributed by atoms with Gasteiger partial charge in [-0.3, -0.25) is 9.59 Å². The summed E-state index contributed by atoms with van der Waals surface area (Å²) >= 11 is 1.58. The van der Waals surface area contributed by atoms with Crippen molar-refractivity contribution in [2.45, 2.75) is 148 Å². The number of nitrogens with one attached hydrogen (secondary N) is 1. The first-order valence-electron chi connectivity index (χ1n) is 15.8.